The van der Waals surface area contributed by atoms with Crippen LogP contribution in [0.15, 0.2) is 80.0 Å². The van der Waals surface area contributed by atoms with Crippen molar-refractivity contribution in [3.63, 3.8) is 0 Å². The zero-order chi connectivity index (χ0) is 25.7. The molecule has 0 fully saturated rings. The number of halogens is 1. The number of aromatic nitrogens is 2. The van der Waals surface area contributed by atoms with Gasteiger partial charge in [-0.2, -0.15) is 0 Å². The smallest absolute Gasteiger partial charge is 0.136 e. The molecule has 2 heterocycles. The van der Waals surface area contributed by atoms with Gasteiger partial charge >= 0.3 is 0 Å². The van der Waals surface area contributed by atoms with Crippen molar-refractivity contribution in [2.24, 2.45) is 0 Å². The molecule has 2 aromatic heterocycles. The Bertz CT molecular complexity index is 1380. The highest BCUT2D eigenvalue weighted by Crippen LogP contribution is 2.34. The number of H-pyrrole nitrogens is 1. The fourth-order valence-electron chi connectivity index (χ4n) is 4.03. The number of nitrogens with zero attached hydrogens (tertiary/aromatic N) is 1. The summed E-state index contributed by atoms with van der Waals surface area (Å²) in [5.41, 5.74) is 13.0. The lowest BCUT2D eigenvalue weighted by molar-refractivity contribution is 0.610. The van der Waals surface area contributed by atoms with E-state index in [0.29, 0.717) is 22.6 Å². The fraction of sp³-hybridized carbons (Fsp3) is 0.167. The molecule has 0 unspecified atom stereocenters. The van der Waals surface area contributed by atoms with Crippen molar-refractivity contribution in [3.8, 4) is 0 Å². The van der Waals surface area contributed by atoms with E-state index in [0.717, 1.165) is 43.4 Å². The molecular formula is C30H32FN3S. The van der Waals surface area contributed by atoms with Gasteiger partial charge in [0.2, 0.25) is 0 Å². The van der Waals surface area contributed by atoms with E-state index in [2.05, 4.69) is 36.9 Å². The van der Waals surface area contributed by atoms with Crippen molar-refractivity contribution in [2.75, 3.05) is 5.73 Å². The summed E-state index contributed by atoms with van der Waals surface area (Å²) in [6, 6.07) is 7.61. The molecule has 0 amide bonds. The minimum atomic E-state index is -0.336. The number of nitrogen functional groups attached to an aromatic ring is 1. The summed E-state index contributed by atoms with van der Waals surface area (Å²) >= 11 is 1.66. The second kappa shape index (κ2) is 11.2. The van der Waals surface area contributed by atoms with Gasteiger partial charge in [0.15, 0.2) is 0 Å². The number of allylic oxidation sites excluding steroid dienone is 8. The molecule has 3 N–H and O–H groups in total. The second-order valence-corrected chi connectivity index (χ2v) is 9.46. The van der Waals surface area contributed by atoms with Crippen molar-refractivity contribution in [2.45, 2.75) is 34.1 Å². The monoisotopic (exact) mass is 485 g/mol. The summed E-state index contributed by atoms with van der Waals surface area (Å²) < 4.78 is 15.7. The molecule has 35 heavy (non-hydrogen) atoms. The Hall–Kier alpha value is -3.70. The van der Waals surface area contributed by atoms with Gasteiger partial charge in [0.1, 0.15) is 11.6 Å². The zero-order valence-electron chi connectivity index (χ0n) is 20.8. The third-order valence-electron chi connectivity index (χ3n) is 5.76. The molecule has 0 aliphatic carbocycles. The van der Waals surface area contributed by atoms with Crippen molar-refractivity contribution in [1.82, 2.24) is 9.97 Å². The summed E-state index contributed by atoms with van der Waals surface area (Å²) in [6.45, 7) is 19.4. The quantitative estimate of drug-likeness (QED) is 0.237. The van der Waals surface area contributed by atoms with E-state index in [1.54, 1.807) is 35.6 Å². The van der Waals surface area contributed by atoms with E-state index in [1.807, 2.05) is 45.9 Å². The largest absolute Gasteiger partial charge is 0.398 e. The van der Waals surface area contributed by atoms with E-state index in [-0.39, 0.29) is 12.2 Å². The molecule has 0 aliphatic heterocycles. The van der Waals surface area contributed by atoms with Crippen molar-refractivity contribution >= 4 is 33.7 Å². The summed E-state index contributed by atoms with van der Waals surface area (Å²) in [7, 11) is 0. The Morgan fingerprint density at radius 1 is 1.11 bits per heavy atom. The van der Waals surface area contributed by atoms with Crippen molar-refractivity contribution in [3.05, 3.63) is 124 Å². The first-order valence-corrected chi connectivity index (χ1v) is 12.2. The summed E-state index contributed by atoms with van der Waals surface area (Å²) in [4.78, 5) is 10.4. The molecule has 0 saturated carbocycles. The molecular weight excluding hydrogens is 453 g/mol. The number of hydrogen-bond donors (Lipinski definition) is 2. The van der Waals surface area contributed by atoms with E-state index in [1.165, 1.54) is 0 Å². The molecule has 3 rings (SSSR count). The second-order valence-electron chi connectivity index (χ2n) is 8.38. The molecule has 1 aromatic carbocycles. The molecule has 3 aromatic rings. The average molecular weight is 486 g/mol. The van der Waals surface area contributed by atoms with Gasteiger partial charge in [0.25, 0.3) is 0 Å². The summed E-state index contributed by atoms with van der Waals surface area (Å²) in [6.07, 6.45) is 9.41. The maximum Gasteiger partial charge on any atom is 0.136 e. The molecule has 180 valence electrons. The van der Waals surface area contributed by atoms with Crippen molar-refractivity contribution < 1.29 is 4.39 Å². The number of anilines is 1. The highest BCUT2D eigenvalue weighted by molar-refractivity contribution is 7.14. The molecule has 0 bridgehead atoms. The molecule has 3 nitrogen and oxygen atoms in total. The van der Waals surface area contributed by atoms with Gasteiger partial charge in [-0.3, -0.25) is 0 Å². The van der Waals surface area contributed by atoms with Crippen LogP contribution in [0.3, 0.4) is 0 Å². The fourth-order valence-corrected chi connectivity index (χ4v) is 4.99. The molecule has 0 spiro atoms. The Balaban J connectivity index is 2.03. The molecule has 5 heteroatoms. The standard InChI is InChI=1S/C30H32FN3S/c1-8-11-19(6)21(10-3)22-13-14-25(32)24(29(22)31)17-28-33-20(7)30(34-28)23(12-9-2)27-16-15-26(35-27)18(4)5/h8-16H,1-2,4,17,32H2,3,5-7H3,(H,33,34)/b19-11-,21-10+,23-12-. The average Bonchev–Trinajstić information content (AvgIpc) is 3.44. The van der Waals surface area contributed by atoms with Crippen LogP contribution in [0.2, 0.25) is 0 Å². The van der Waals surface area contributed by atoms with Crippen LogP contribution in [-0.4, -0.2) is 9.97 Å². The number of aromatic amines is 1. The molecule has 0 radical (unpaired) electrons. The van der Waals surface area contributed by atoms with Gasteiger partial charge in [0.05, 0.1) is 5.69 Å². The Morgan fingerprint density at radius 2 is 1.80 bits per heavy atom. The number of aryl methyl sites for hydroxylation is 1. The first-order chi connectivity index (χ1) is 16.7. The van der Waals surface area contributed by atoms with Gasteiger partial charge in [0, 0.05) is 44.3 Å². The predicted molar refractivity (Wildman–Crippen MR) is 151 cm³/mol. The van der Waals surface area contributed by atoms with Gasteiger partial charge in [-0.1, -0.05) is 50.1 Å². The number of benzene rings is 1. The highest BCUT2D eigenvalue weighted by atomic mass is 32.1. The van der Waals surface area contributed by atoms with Crippen LogP contribution < -0.4 is 5.73 Å². The van der Waals surface area contributed by atoms with Crippen LogP contribution in [-0.2, 0) is 6.42 Å². The number of nitrogens with one attached hydrogen (secondary N) is 1. The number of thiophene rings is 1. The number of nitrogens with two attached hydrogens (primary N) is 1. The van der Waals surface area contributed by atoms with Crippen LogP contribution in [0.5, 0.6) is 0 Å². The van der Waals surface area contributed by atoms with Gasteiger partial charge in [-0.15, -0.1) is 11.3 Å². The van der Waals surface area contributed by atoms with Crippen LogP contribution in [0, 0.1) is 12.7 Å². The minimum absolute atomic E-state index is 0.246. The van der Waals surface area contributed by atoms with Crippen LogP contribution in [0.25, 0.3) is 16.7 Å². The first kappa shape index (κ1) is 25.9. The van der Waals surface area contributed by atoms with Crippen LogP contribution in [0.1, 0.15) is 58.9 Å². The van der Waals surface area contributed by atoms with Crippen LogP contribution in [0.4, 0.5) is 10.1 Å². The van der Waals surface area contributed by atoms with Gasteiger partial charge in [-0.05, 0) is 68.7 Å². The SMILES string of the molecule is C=C/C=C(C)\C(=C/C)c1ccc(N)c(Cc2nc(/C(=C\C=C)c3ccc(C(=C)C)s3)c(C)[nH]2)c1F. The number of rotatable bonds is 9. The highest BCUT2D eigenvalue weighted by Gasteiger charge is 2.20. The normalized spacial score (nSPS) is 12.7. The minimum Gasteiger partial charge on any atom is -0.398 e. The van der Waals surface area contributed by atoms with Crippen molar-refractivity contribution in [1.29, 1.82) is 0 Å². The maximum absolute atomic E-state index is 15.7. The number of hydrogen-bond acceptors (Lipinski definition) is 3. The van der Waals surface area contributed by atoms with E-state index < -0.39 is 0 Å². The number of imidazole rings is 1. The van der Waals surface area contributed by atoms with Crippen LogP contribution >= 0.6 is 11.3 Å². The van der Waals surface area contributed by atoms with E-state index in [9.17, 15) is 0 Å². The molecule has 0 atom stereocenters. The Kier molecular flexibility index (Phi) is 8.26. The molecule has 0 aliphatic rings. The third kappa shape index (κ3) is 5.52. The lowest BCUT2D eigenvalue weighted by Gasteiger charge is -2.14. The molecule has 0 saturated heterocycles. The zero-order valence-corrected chi connectivity index (χ0v) is 21.7. The maximum atomic E-state index is 15.7. The van der Waals surface area contributed by atoms with Gasteiger partial charge < -0.3 is 10.7 Å². The summed E-state index contributed by atoms with van der Waals surface area (Å²) in [5.74, 6) is 0.309. The Morgan fingerprint density at radius 3 is 2.40 bits per heavy atom. The lowest BCUT2D eigenvalue weighted by Crippen LogP contribution is -2.04. The lowest BCUT2D eigenvalue weighted by atomic mass is 9.94. The van der Waals surface area contributed by atoms with Gasteiger partial charge in [-0.25, -0.2) is 9.37 Å². The Labute approximate surface area is 211 Å². The summed E-state index contributed by atoms with van der Waals surface area (Å²) in [5, 5.41) is 0. The van der Waals surface area contributed by atoms with E-state index >= 15 is 4.39 Å². The van der Waals surface area contributed by atoms with E-state index in [4.69, 9.17) is 10.7 Å². The predicted octanol–water partition coefficient (Wildman–Crippen LogP) is 8.28. The topological polar surface area (TPSA) is 54.7 Å². The third-order valence-corrected chi connectivity index (χ3v) is 7.04. The first-order valence-electron chi connectivity index (χ1n) is 11.4.